The molecule has 110 valence electrons. The molecule has 1 aliphatic heterocycles. The quantitative estimate of drug-likeness (QED) is 0.629. The summed E-state index contributed by atoms with van der Waals surface area (Å²) < 4.78 is 5.81. The van der Waals surface area contributed by atoms with Gasteiger partial charge in [0.1, 0.15) is 0 Å². The van der Waals surface area contributed by atoms with E-state index in [4.69, 9.17) is 9.84 Å². The second-order valence-corrected chi connectivity index (χ2v) is 4.69. The molecule has 7 nitrogen and oxygen atoms in total. The number of amides is 2. The van der Waals surface area contributed by atoms with Crippen LogP contribution >= 0.6 is 0 Å². The third-order valence-electron chi connectivity index (χ3n) is 3.48. The first-order valence-electron chi connectivity index (χ1n) is 6.55. The van der Waals surface area contributed by atoms with Gasteiger partial charge in [-0.3, -0.25) is 4.84 Å². The van der Waals surface area contributed by atoms with Crippen molar-refractivity contribution >= 4 is 12.0 Å². The Balaban J connectivity index is 2.35. The zero-order valence-corrected chi connectivity index (χ0v) is 11.4. The summed E-state index contributed by atoms with van der Waals surface area (Å²) in [6, 6.07) is -0.503. The van der Waals surface area contributed by atoms with E-state index in [1.165, 1.54) is 0 Å². The first-order valence-corrected chi connectivity index (χ1v) is 6.55. The molecule has 2 amide bonds. The Kier molecular flexibility index (Phi) is 6.04. The lowest BCUT2D eigenvalue weighted by atomic mass is 9.86. The van der Waals surface area contributed by atoms with Gasteiger partial charge in [0.05, 0.1) is 5.60 Å². The molecule has 0 aromatic carbocycles. The van der Waals surface area contributed by atoms with Gasteiger partial charge in [0.2, 0.25) is 0 Å². The number of hydrogen-bond acceptors (Lipinski definition) is 4. The third-order valence-corrected chi connectivity index (χ3v) is 3.48. The van der Waals surface area contributed by atoms with Gasteiger partial charge in [0, 0.05) is 12.6 Å². The summed E-state index contributed by atoms with van der Waals surface area (Å²) in [5.41, 5.74) is 1.88. The molecule has 1 heterocycles. The number of hydrogen-bond donors (Lipinski definition) is 3. The predicted octanol–water partition coefficient (Wildman–Crippen LogP) is 1.04. The second-order valence-electron chi connectivity index (χ2n) is 4.69. The molecule has 0 saturated carbocycles. The van der Waals surface area contributed by atoms with E-state index in [1.807, 2.05) is 0 Å². The van der Waals surface area contributed by atoms with Crippen LogP contribution in [0, 0.1) is 0 Å². The topological polar surface area (TPSA) is 96.9 Å². The van der Waals surface area contributed by atoms with Crippen LogP contribution in [0.2, 0.25) is 0 Å². The summed E-state index contributed by atoms with van der Waals surface area (Å²) in [5.74, 6) is -1.14. The molecule has 3 N–H and O–H groups in total. The van der Waals surface area contributed by atoms with E-state index >= 15 is 0 Å². The molecule has 7 heteroatoms. The Morgan fingerprint density at radius 3 is 2.68 bits per heavy atom. The maximum atomic E-state index is 11.5. The van der Waals surface area contributed by atoms with E-state index in [-0.39, 0.29) is 11.6 Å². The second kappa shape index (κ2) is 7.30. The molecule has 0 spiro atoms. The van der Waals surface area contributed by atoms with E-state index < -0.39 is 18.6 Å². The lowest BCUT2D eigenvalue weighted by Crippen LogP contribution is -2.50. The highest BCUT2D eigenvalue weighted by molar-refractivity contribution is 5.73. The number of nitrogens with one attached hydrogen (secondary N) is 2. The van der Waals surface area contributed by atoms with Crippen molar-refractivity contribution in [2.45, 2.75) is 51.2 Å². The van der Waals surface area contributed by atoms with Crippen molar-refractivity contribution in [3.63, 3.8) is 0 Å². The minimum absolute atomic E-state index is 0.0158. The number of rotatable bonds is 6. The third kappa shape index (κ3) is 5.04. The van der Waals surface area contributed by atoms with Gasteiger partial charge < -0.3 is 15.2 Å². The minimum atomic E-state index is -1.14. The van der Waals surface area contributed by atoms with Gasteiger partial charge >= 0.3 is 12.0 Å². The molecular weight excluding hydrogens is 252 g/mol. The molecule has 0 aromatic rings. The van der Waals surface area contributed by atoms with Gasteiger partial charge in [0.25, 0.3) is 0 Å². The maximum absolute atomic E-state index is 11.5. The van der Waals surface area contributed by atoms with Gasteiger partial charge in [-0.2, -0.15) is 0 Å². The van der Waals surface area contributed by atoms with Crippen molar-refractivity contribution in [1.82, 2.24) is 10.8 Å². The summed E-state index contributed by atoms with van der Waals surface area (Å²) >= 11 is 0. The molecule has 1 rings (SSSR count). The molecule has 1 fully saturated rings. The molecule has 1 aliphatic rings. The van der Waals surface area contributed by atoms with E-state index in [2.05, 4.69) is 29.5 Å². The van der Waals surface area contributed by atoms with Crippen LogP contribution in [0.15, 0.2) is 0 Å². The number of carboxylic acids is 1. The summed E-state index contributed by atoms with van der Waals surface area (Å²) in [5, 5.41) is 11.1. The van der Waals surface area contributed by atoms with Gasteiger partial charge in [-0.15, -0.1) is 0 Å². The van der Waals surface area contributed by atoms with Crippen molar-refractivity contribution < 1.29 is 24.3 Å². The van der Waals surface area contributed by atoms with Crippen LogP contribution in [-0.2, 0) is 14.4 Å². The van der Waals surface area contributed by atoms with Crippen LogP contribution in [-0.4, -0.2) is 42.0 Å². The lowest BCUT2D eigenvalue weighted by molar-refractivity contribution is -0.144. The Labute approximate surface area is 112 Å². The smallest absolute Gasteiger partial charge is 0.338 e. The zero-order valence-electron chi connectivity index (χ0n) is 11.4. The van der Waals surface area contributed by atoms with Gasteiger partial charge in [0.15, 0.2) is 6.61 Å². The first kappa shape index (κ1) is 15.7. The van der Waals surface area contributed by atoms with Crippen molar-refractivity contribution in [2.75, 3.05) is 13.2 Å². The predicted molar refractivity (Wildman–Crippen MR) is 67.5 cm³/mol. The molecule has 1 unspecified atom stereocenters. The summed E-state index contributed by atoms with van der Waals surface area (Å²) in [4.78, 5) is 26.2. The largest absolute Gasteiger partial charge is 0.479 e. The molecule has 0 radical (unpaired) electrons. The van der Waals surface area contributed by atoms with E-state index in [9.17, 15) is 9.59 Å². The highest BCUT2D eigenvalue weighted by Crippen LogP contribution is 2.31. The fourth-order valence-corrected chi connectivity index (χ4v) is 2.27. The normalized spacial score (nSPS) is 21.7. The fraction of sp³-hybridized carbons (Fsp3) is 0.833. The molecule has 0 aliphatic carbocycles. The van der Waals surface area contributed by atoms with E-state index in [0.29, 0.717) is 6.61 Å². The Morgan fingerprint density at radius 2 is 2.11 bits per heavy atom. The molecule has 0 aromatic heterocycles. The standard InChI is InChI=1S/C12H22N2O5/c1-3-12(4-2)7-9(5-6-18-12)13-11(17)14-19-8-10(15)16/h9H,3-8H2,1-2H3,(H,15,16)(H2,13,14,17). The zero-order chi connectivity index (χ0) is 14.3. The van der Waals surface area contributed by atoms with Gasteiger partial charge in [-0.1, -0.05) is 13.8 Å². The van der Waals surface area contributed by atoms with E-state index in [0.717, 1.165) is 25.7 Å². The highest BCUT2D eigenvalue weighted by Gasteiger charge is 2.35. The highest BCUT2D eigenvalue weighted by atomic mass is 16.7. The average Bonchev–Trinajstić information content (AvgIpc) is 2.38. The SMILES string of the molecule is CCC1(CC)CC(NC(=O)NOCC(=O)O)CCO1. The molecule has 1 atom stereocenters. The Morgan fingerprint density at radius 1 is 1.42 bits per heavy atom. The van der Waals surface area contributed by atoms with Crippen LogP contribution in [0.3, 0.4) is 0 Å². The number of carbonyl (C=O) groups excluding carboxylic acids is 1. The van der Waals surface area contributed by atoms with Crippen LogP contribution in [0.1, 0.15) is 39.5 Å². The van der Waals surface area contributed by atoms with Gasteiger partial charge in [-0.05, 0) is 25.7 Å². The molecule has 0 bridgehead atoms. The monoisotopic (exact) mass is 274 g/mol. The van der Waals surface area contributed by atoms with Crippen molar-refractivity contribution in [2.24, 2.45) is 0 Å². The summed E-state index contributed by atoms with van der Waals surface area (Å²) in [6.07, 6.45) is 3.30. The molecule has 19 heavy (non-hydrogen) atoms. The molecule has 1 saturated heterocycles. The number of aliphatic carboxylic acids is 1. The number of carbonyl (C=O) groups is 2. The van der Waals surface area contributed by atoms with Crippen molar-refractivity contribution in [3.8, 4) is 0 Å². The first-order chi connectivity index (χ1) is 9.01. The van der Waals surface area contributed by atoms with Crippen molar-refractivity contribution in [3.05, 3.63) is 0 Å². The van der Waals surface area contributed by atoms with Crippen molar-refractivity contribution in [1.29, 1.82) is 0 Å². The van der Waals surface area contributed by atoms with Crippen LogP contribution < -0.4 is 10.8 Å². The van der Waals surface area contributed by atoms with Crippen LogP contribution in [0.5, 0.6) is 0 Å². The number of urea groups is 1. The number of ether oxygens (including phenoxy) is 1. The average molecular weight is 274 g/mol. The summed E-state index contributed by atoms with van der Waals surface area (Å²) in [7, 11) is 0. The molecular formula is C12H22N2O5. The number of hydroxylamine groups is 1. The van der Waals surface area contributed by atoms with E-state index in [1.54, 1.807) is 0 Å². The lowest BCUT2D eigenvalue weighted by Gasteiger charge is -2.40. The van der Waals surface area contributed by atoms with Crippen LogP contribution in [0.4, 0.5) is 4.79 Å². The minimum Gasteiger partial charge on any atom is -0.479 e. The Bertz CT molecular complexity index is 317. The Hall–Kier alpha value is -1.34. The number of carboxylic acid groups (broad SMARTS) is 1. The fourth-order valence-electron chi connectivity index (χ4n) is 2.27. The van der Waals surface area contributed by atoms with Gasteiger partial charge in [-0.25, -0.2) is 15.1 Å². The summed E-state index contributed by atoms with van der Waals surface area (Å²) in [6.45, 7) is 4.20. The van der Waals surface area contributed by atoms with Crippen LogP contribution in [0.25, 0.3) is 0 Å². The maximum Gasteiger partial charge on any atom is 0.338 e.